The van der Waals surface area contributed by atoms with Crippen molar-refractivity contribution in [2.45, 2.75) is 19.4 Å². The van der Waals surface area contributed by atoms with Crippen molar-refractivity contribution in [3.05, 3.63) is 35.9 Å². The topological polar surface area (TPSA) is 23.6 Å². The maximum atomic E-state index is 12.6. The molecule has 0 radical (unpaired) electrons. The highest BCUT2D eigenvalue weighted by atomic mass is 32.2. The lowest BCUT2D eigenvalue weighted by molar-refractivity contribution is -0.137. The minimum Gasteiger partial charge on any atom is -0.341 e. The van der Waals surface area contributed by atoms with Crippen molar-refractivity contribution in [3.63, 3.8) is 0 Å². The zero-order chi connectivity index (χ0) is 14.5. The van der Waals surface area contributed by atoms with Crippen molar-refractivity contribution >= 4 is 17.7 Å². The van der Waals surface area contributed by atoms with Crippen LogP contribution in [0.15, 0.2) is 30.3 Å². The fourth-order valence-electron chi connectivity index (χ4n) is 3.28. The number of benzene rings is 1. The number of hydrogen-bond acceptors (Lipinski definition) is 3. The molecule has 2 heterocycles. The van der Waals surface area contributed by atoms with Crippen LogP contribution in [0.5, 0.6) is 0 Å². The van der Waals surface area contributed by atoms with E-state index in [9.17, 15) is 4.79 Å². The van der Waals surface area contributed by atoms with Gasteiger partial charge in [0.05, 0.1) is 5.92 Å². The van der Waals surface area contributed by atoms with Gasteiger partial charge in [0.25, 0.3) is 0 Å². The molecule has 2 aliphatic rings. The molecular formula is C17H24N2OS. The standard InChI is InChI=1S/C17H24N2OS/c20-17(19-9-11-21-12-10-19)16-7-4-8-18(14-16)13-15-5-2-1-3-6-15/h1-3,5-6,16H,4,7-14H2. The third kappa shape index (κ3) is 4.01. The summed E-state index contributed by atoms with van der Waals surface area (Å²) in [6, 6.07) is 10.6. The molecule has 4 heteroatoms. The monoisotopic (exact) mass is 304 g/mol. The lowest BCUT2D eigenvalue weighted by Gasteiger charge is -2.36. The molecule has 0 aromatic heterocycles. The van der Waals surface area contributed by atoms with Gasteiger partial charge in [-0.1, -0.05) is 30.3 Å². The first-order valence-corrected chi connectivity index (χ1v) is 9.11. The van der Waals surface area contributed by atoms with Crippen LogP contribution in [0.1, 0.15) is 18.4 Å². The number of carbonyl (C=O) groups is 1. The van der Waals surface area contributed by atoms with E-state index in [4.69, 9.17) is 0 Å². The van der Waals surface area contributed by atoms with Gasteiger partial charge in [0, 0.05) is 37.7 Å². The molecule has 0 saturated carbocycles. The molecule has 1 aromatic carbocycles. The Labute approximate surface area is 131 Å². The Bertz CT molecular complexity index is 459. The highest BCUT2D eigenvalue weighted by Crippen LogP contribution is 2.22. The molecule has 0 bridgehead atoms. The van der Waals surface area contributed by atoms with Crippen molar-refractivity contribution in [2.24, 2.45) is 5.92 Å². The molecule has 3 rings (SSSR count). The maximum Gasteiger partial charge on any atom is 0.227 e. The molecule has 21 heavy (non-hydrogen) atoms. The fourth-order valence-corrected chi connectivity index (χ4v) is 4.19. The minimum absolute atomic E-state index is 0.213. The summed E-state index contributed by atoms with van der Waals surface area (Å²) in [6.45, 7) is 4.91. The molecule has 114 valence electrons. The van der Waals surface area contributed by atoms with Gasteiger partial charge in [0.2, 0.25) is 5.91 Å². The first kappa shape index (κ1) is 14.9. The number of amides is 1. The van der Waals surface area contributed by atoms with E-state index >= 15 is 0 Å². The van der Waals surface area contributed by atoms with Crippen molar-refractivity contribution in [3.8, 4) is 0 Å². The van der Waals surface area contributed by atoms with Gasteiger partial charge in [0.15, 0.2) is 0 Å². The first-order chi connectivity index (χ1) is 10.3. The molecule has 2 aliphatic heterocycles. The molecule has 1 amide bonds. The van der Waals surface area contributed by atoms with Crippen LogP contribution in [0.2, 0.25) is 0 Å². The molecule has 1 unspecified atom stereocenters. The number of hydrogen-bond donors (Lipinski definition) is 0. The second-order valence-electron chi connectivity index (χ2n) is 6.00. The number of carbonyl (C=O) groups excluding carboxylic acids is 1. The summed E-state index contributed by atoms with van der Waals surface area (Å²) in [7, 11) is 0. The average Bonchev–Trinajstić information content (AvgIpc) is 2.56. The summed E-state index contributed by atoms with van der Waals surface area (Å²) in [5.74, 6) is 2.82. The summed E-state index contributed by atoms with van der Waals surface area (Å²) in [5.41, 5.74) is 1.35. The number of nitrogens with zero attached hydrogens (tertiary/aromatic N) is 2. The van der Waals surface area contributed by atoms with Crippen LogP contribution in [0.25, 0.3) is 0 Å². The summed E-state index contributed by atoms with van der Waals surface area (Å²) in [4.78, 5) is 17.2. The predicted octanol–water partition coefficient (Wildman–Crippen LogP) is 2.47. The molecule has 0 N–H and O–H groups in total. The van der Waals surface area contributed by atoms with Crippen LogP contribution in [0, 0.1) is 5.92 Å². The number of rotatable bonds is 3. The van der Waals surface area contributed by atoms with Crippen molar-refractivity contribution in [1.29, 1.82) is 0 Å². The highest BCUT2D eigenvalue weighted by molar-refractivity contribution is 7.99. The Morgan fingerprint density at radius 1 is 1.14 bits per heavy atom. The van der Waals surface area contributed by atoms with E-state index in [1.54, 1.807) is 0 Å². The van der Waals surface area contributed by atoms with E-state index in [2.05, 4.69) is 40.1 Å². The van der Waals surface area contributed by atoms with E-state index in [0.29, 0.717) is 5.91 Å². The van der Waals surface area contributed by atoms with E-state index in [1.165, 1.54) is 5.56 Å². The van der Waals surface area contributed by atoms with Gasteiger partial charge in [-0.2, -0.15) is 11.8 Å². The van der Waals surface area contributed by atoms with Gasteiger partial charge in [-0.25, -0.2) is 0 Å². The van der Waals surface area contributed by atoms with Gasteiger partial charge < -0.3 is 4.90 Å². The lowest BCUT2D eigenvalue weighted by atomic mass is 9.96. The third-order valence-electron chi connectivity index (χ3n) is 4.43. The van der Waals surface area contributed by atoms with Gasteiger partial charge in [-0.15, -0.1) is 0 Å². The maximum absolute atomic E-state index is 12.6. The summed E-state index contributed by atoms with van der Waals surface area (Å²) >= 11 is 1.96. The van der Waals surface area contributed by atoms with E-state index in [1.807, 2.05) is 11.8 Å². The fraction of sp³-hybridized carbons (Fsp3) is 0.588. The Hall–Kier alpha value is -1.000. The second kappa shape index (κ2) is 7.32. The van der Waals surface area contributed by atoms with Crippen molar-refractivity contribution < 1.29 is 4.79 Å². The van der Waals surface area contributed by atoms with Gasteiger partial charge in [-0.3, -0.25) is 9.69 Å². The quantitative estimate of drug-likeness (QED) is 0.857. The second-order valence-corrected chi connectivity index (χ2v) is 7.22. The average molecular weight is 304 g/mol. The molecule has 0 spiro atoms. The van der Waals surface area contributed by atoms with E-state index < -0.39 is 0 Å². The van der Waals surface area contributed by atoms with Crippen molar-refractivity contribution in [2.75, 3.05) is 37.7 Å². The van der Waals surface area contributed by atoms with Crippen LogP contribution in [-0.4, -0.2) is 53.4 Å². The first-order valence-electron chi connectivity index (χ1n) is 7.96. The number of thioether (sulfide) groups is 1. The molecule has 1 aromatic rings. The molecular weight excluding hydrogens is 280 g/mol. The van der Waals surface area contributed by atoms with E-state index in [0.717, 1.165) is 57.1 Å². The Balaban J connectivity index is 1.56. The van der Waals surface area contributed by atoms with Gasteiger partial charge >= 0.3 is 0 Å². The normalized spacial score (nSPS) is 24.0. The molecule has 2 fully saturated rings. The van der Waals surface area contributed by atoms with Gasteiger partial charge in [0.1, 0.15) is 0 Å². The summed E-state index contributed by atoms with van der Waals surface area (Å²) in [6.07, 6.45) is 2.21. The molecule has 1 atom stereocenters. The SMILES string of the molecule is O=C(C1CCCN(Cc2ccccc2)C1)N1CCSCC1. The zero-order valence-electron chi connectivity index (χ0n) is 12.5. The Morgan fingerprint density at radius 2 is 1.90 bits per heavy atom. The number of likely N-dealkylation sites (tertiary alicyclic amines) is 1. The minimum atomic E-state index is 0.213. The molecule has 0 aliphatic carbocycles. The summed E-state index contributed by atoms with van der Waals surface area (Å²) in [5, 5.41) is 0. The Kier molecular flexibility index (Phi) is 5.20. The van der Waals surface area contributed by atoms with Crippen LogP contribution in [-0.2, 0) is 11.3 Å². The van der Waals surface area contributed by atoms with Crippen molar-refractivity contribution in [1.82, 2.24) is 9.80 Å². The zero-order valence-corrected chi connectivity index (χ0v) is 13.4. The predicted molar refractivity (Wildman–Crippen MR) is 88.3 cm³/mol. The van der Waals surface area contributed by atoms with Crippen LogP contribution >= 0.6 is 11.8 Å². The van der Waals surface area contributed by atoms with Crippen LogP contribution in [0.4, 0.5) is 0 Å². The largest absolute Gasteiger partial charge is 0.341 e. The van der Waals surface area contributed by atoms with E-state index in [-0.39, 0.29) is 5.92 Å². The lowest BCUT2D eigenvalue weighted by Crippen LogP contribution is -2.47. The van der Waals surface area contributed by atoms with Crippen LogP contribution in [0.3, 0.4) is 0 Å². The summed E-state index contributed by atoms with van der Waals surface area (Å²) < 4.78 is 0. The smallest absolute Gasteiger partial charge is 0.227 e. The molecule has 3 nitrogen and oxygen atoms in total. The number of piperidine rings is 1. The highest BCUT2D eigenvalue weighted by Gasteiger charge is 2.29. The third-order valence-corrected chi connectivity index (χ3v) is 5.37. The molecule has 2 saturated heterocycles. The Morgan fingerprint density at radius 3 is 2.67 bits per heavy atom. The van der Waals surface area contributed by atoms with Gasteiger partial charge in [-0.05, 0) is 24.9 Å². The van der Waals surface area contributed by atoms with Crippen LogP contribution < -0.4 is 0 Å².